The van der Waals surface area contributed by atoms with Crippen LogP contribution in [0.3, 0.4) is 0 Å². The van der Waals surface area contributed by atoms with Crippen LogP contribution in [0.15, 0.2) is 18.2 Å². The van der Waals surface area contributed by atoms with E-state index < -0.39 is 0 Å². The Bertz CT molecular complexity index is 411. The predicted octanol–water partition coefficient (Wildman–Crippen LogP) is 4.09. The number of rotatable bonds is 4. The summed E-state index contributed by atoms with van der Waals surface area (Å²) < 4.78 is 24.3. The molecular weight excluding hydrogens is 299 g/mol. The van der Waals surface area contributed by atoms with E-state index in [-0.39, 0.29) is 22.5 Å². The summed E-state index contributed by atoms with van der Waals surface area (Å²) in [5, 5.41) is 0. The lowest BCUT2D eigenvalue weighted by Crippen LogP contribution is -2.19. The van der Waals surface area contributed by atoms with Crippen molar-refractivity contribution in [3.05, 3.63) is 29.6 Å². The number of benzene rings is 1. The van der Waals surface area contributed by atoms with Gasteiger partial charge in [0.05, 0.1) is 13.2 Å². The zero-order valence-electron chi connectivity index (χ0n) is 10.7. The van der Waals surface area contributed by atoms with Gasteiger partial charge in [0.2, 0.25) is 0 Å². The van der Waals surface area contributed by atoms with Crippen LogP contribution in [0, 0.1) is 11.7 Å². The van der Waals surface area contributed by atoms with Crippen LogP contribution in [0.2, 0.25) is 0 Å². The molecule has 0 bridgehead atoms. The topological polar surface area (TPSA) is 18.5 Å². The van der Waals surface area contributed by atoms with Crippen LogP contribution >= 0.6 is 15.9 Å². The summed E-state index contributed by atoms with van der Waals surface area (Å²) >= 11 is 3.69. The number of halogens is 2. The van der Waals surface area contributed by atoms with E-state index in [2.05, 4.69) is 22.9 Å². The minimum absolute atomic E-state index is 0.130. The molecule has 3 unspecified atom stereocenters. The molecule has 4 heteroatoms. The molecule has 2 nitrogen and oxygen atoms in total. The van der Waals surface area contributed by atoms with E-state index in [0.717, 1.165) is 25.0 Å². The highest BCUT2D eigenvalue weighted by Gasteiger charge is 2.33. The highest BCUT2D eigenvalue weighted by Crippen LogP contribution is 2.41. The smallest absolute Gasteiger partial charge is 0.165 e. The average Bonchev–Trinajstić information content (AvgIpc) is 2.86. The highest BCUT2D eigenvalue weighted by atomic mass is 79.9. The standard InChI is InChI=1S/C14H18BrFO2/c1-3-12-10(6-7-18-12)14(15)9-4-5-13(17-2)11(16)8-9/h4-5,8,10,12,14H,3,6-7H2,1-2H3. The highest BCUT2D eigenvalue weighted by molar-refractivity contribution is 9.09. The van der Waals surface area contributed by atoms with Gasteiger partial charge in [-0.1, -0.05) is 28.9 Å². The van der Waals surface area contributed by atoms with Crippen molar-refractivity contribution < 1.29 is 13.9 Å². The molecule has 0 saturated carbocycles. The zero-order chi connectivity index (χ0) is 13.1. The fourth-order valence-electron chi connectivity index (χ4n) is 2.52. The van der Waals surface area contributed by atoms with E-state index in [4.69, 9.17) is 9.47 Å². The van der Waals surface area contributed by atoms with Crippen molar-refractivity contribution in [1.29, 1.82) is 0 Å². The quantitative estimate of drug-likeness (QED) is 0.779. The van der Waals surface area contributed by atoms with Crippen molar-refractivity contribution in [2.24, 2.45) is 5.92 Å². The molecule has 100 valence electrons. The van der Waals surface area contributed by atoms with E-state index in [1.807, 2.05) is 6.07 Å². The van der Waals surface area contributed by atoms with Gasteiger partial charge in [-0.15, -0.1) is 0 Å². The first-order valence-corrected chi connectivity index (χ1v) is 7.18. The molecule has 1 heterocycles. The molecule has 1 aliphatic rings. The van der Waals surface area contributed by atoms with E-state index in [1.165, 1.54) is 7.11 Å². The maximum atomic E-state index is 13.7. The lowest BCUT2D eigenvalue weighted by atomic mass is 9.92. The Morgan fingerprint density at radius 1 is 1.56 bits per heavy atom. The molecule has 0 aromatic heterocycles. The van der Waals surface area contributed by atoms with Crippen molar-refractivity contribution in [1.82, 2.24) is 0 Å². The van der Waals surface area contributed by atoms with Crippen molar-refractivity contribution in [2.75, 3.05) is 13.7 Å². The molecule has 1 aromatic rings. The van der Waals surface area contributed by atoms with E-state index >= 15 is 0 Å². The molecule has 0 radical (unpaired) electrons. The summed E-state index contributed by atoms with van der Waals surface area (Å²) in [5.74, 6) is 0.377. The van der Waals surface area contributed by atoms with Gasteiger partial charge >= 0.3 is 0 Å². The number of methoxy groups -OCH3 is 1. The molecule has 2 rings (SSSR count). The van der Waals surface area contributed by atoms with Gasteiger partial charge in [0.15, 0.2) is 11.6 Å². The van der Waals surface area contributed by atoms with Gasteiger partial charge < -0.3 is 9.47 Å². The molecular formula is C14H18BrFO2. The summed E-state index contributed by atoms with van der Waals surface area (Å²) in [6, 6.07) is 5.13. The Balaban J connectivity index is 2.18. The maximum Gasteiger partial charge on any atom is 0.165 e. The predicted molar refractivity (Wildman–Crippen MR) is 72.8 cm³/mol. The lowest BCUT2D eigenvalue weighted by Gasteiger charge is -2.23. The molecule has 1 saturated heterocycles. The first-order valence-electron chi connectivity index (χ1n) is 6.26. The van der Waals surface area contributed by atoms with Crippen molar-refractivity contribution in [3.63, 3.8) is 0 Å². The lowest BCUT2D eigenvalue weighted by molar-refractivity contribution is 0.0872. The third-order valence-corrected chi connectivity index (χ3v) is 4.74. The van der Waals surface area contributed by atoms with E-state index in [0.29, 0.717) is 5.92 Å². The van der Waals surface area contributed by atoms with Crippen LogP contribution < -0.4 is 4.74 Å². The third kappa shape index (κ3) is 2.69. The Morgan fingerprint density at radius 3 is 2.94 bits per heavy atom. The molecule has 1 aromatic carbocycles. The number of hydrogen-bond donors (Lipinski definition) is 0. The first-order chi connectivity index (χ1) is 8.67. The van der Waals surface area contributed by atoms with Crippen LogP contribution in [-0.2, 0) is 4.74 Å². The summed E-state index contributed by atoms with van der Waals surface area (Å²) in [4.78, 5) is 0.130. The van der Waals surface area contributed by atoms with Gasteiger partial charge in [-0.25, -0.2) is 4.39 Å². The second-order valence-corrected chi connectivity index (χ2v) is 5.55. The Hall–Kier alpha value is -0.610. The molecule has 0 amide bonds. The molecule has 0 N–H and O–H groups in total. The average molecular weight is 317 g/mol. The van der Waals surface area contributed by atoms with Crippen LogP contribution in [0.1, 0.15) is 30.2 Å². The largest absolute Gasteiger partial charge is 0.494 e. The van der Waals surface area contributed by atoms with E-state index in [1.54, 1.807) is 12.1 Å². The molecule has 1 aliphatic heterocycles. The summed E-state index contributed by atoms with van der Waals surface area (Å²) in [6.07, 6.45) is 2.27. The first kappa shape index (κ1) is 13.8. The van der Waals surface area contributed by atoms with Gasteiger partial charge in [0, 0.05) is 17.4 Å². The van der Waals surface area contributed by atoms with Crippen molar-refractivity contribution in [2.45, 2.75) is 30.7 Å². The fraction of sp³-hybridized carbons (Fsp3) is 0.571. The normalized spacial score (nSPS) is 25.1. The fourth-order valence-corrected chi connectivity index (χ4v) is 3.41. The van der Waals surface area contributed by atoms with Gasteiger partial charge in [-0.3, -0.25) is 0 Å². The Kier molecular flexibility index (Phi) is 4.62. The molecule has 18 heavy (non-hydrogen) atoms. The van der Waals surface area contributed by atoms with E-state index in [9.17, 15) is 4.39 Å². The van der Waals surface area contributed by atoms with Gasteiger partial charge in [-0.05, 0) is 30.5 Å². The SMILES string of the molecule is CCC1OCCC1C(Br)c1ccc(OC)c(F)c1. The van der Waals surface area contributed by atoms with Crippen LogP contribution in [-0.4, -0.2) is 19.8 Å². The monoisotopic (exact) mass is 316 g/mol. The minimum Gasteiger partial charge on any atom is -0.494 e. The maximum absolute atomic E-state index is 13.7. The summed E-state index contributed by atoms with van der Waals surface area (Å²) in [7, 11) is 1.47. The minimum atomic E-state index is -0.314. The third-order valence-electron chi connectivity index (χ3n) is 3.53. The number of hydrogen-bond acceptors (Lipinski definition) is 2. The van der Waals surface area contributed by atoms with Crippen LogP contribution in [0.25, 0.3) is 0 Å². The zero-order valence-corrected chi connectivity index (χ0v) is 12.2. The summed E-state index contributed by atoms with van der Waals surface area (Å²) in [5.41, 5.74) is 0.947. The Morgan fingerprint density at radius 2 is 2.33 bits per heavy atom. The van der Waals surface area contributed by atoms with Gasteiger partial charge in [-0.2, -0.15) is 0 Å². The molecule has 1 fully saturated rings. The molecule has 0 aliphatic carbocycles. The second kappa shape index (κ2) is 6.02. The molecule has 3 atom stereocenters. The van der Waals surface area contributed by atoms with Crippen LogP contribution in [0.4, 0.5) is 4.39 Å². The number of ether oxygens (including phenoxy) is 2. The van der Waals surface area contributed by atoms with Crippen LogP contribution in [0.5, 0.6) is 5.75 Å². The second-order valence-electron chi connectivity index (χ2n) is 4.57. The van der Waals surface area contributed by atoms with Gasteiger partial charge in [0.1, 0.15) is 0 Å². The van der Waals surface area contributed by atoms with Gasteiger partial charge in [0.25, 0.3) is 0 Å². The molecule has 0 spiro atoms. The Labute approximate surface area is 116 Å². The van der Waals surface area contributed by atoms with Crippen molar-refractivity contribution in [3.8, 4) is 5.75 Å². The number of alkyl halides is 1. The van der Waals surface area contributed by atoms with Crippen molar-refractivity contribution >= 4 is 15.9 Å². The summed E-state index contributed by atoms with van der Waals surface area (Å²) in [6.45, 7) is 2.92.